The van der Waals surface area contributed by atoms with E-state index in [-0.39, 0.29) is 132 Å². The number of carboxylic acids is 1. The van der Waals surface area contributed by atoms with Gasteiger partial charge in [-0.1, -0.05) is 6.58 Å². The predicted molar refractivity (Wildman–Crippen MR) is 141 cm³/mol. The fourth-order valence-corrected chi connectivity index (χ4v) is 3.10. The van der Waals surface area contributed by atoms with E-state index in [1.54, 1.807) is 0 Å². The van der Waals surface area contributed by atoms with Crippen LogP contribution in [0.25, 0.3) is 0 Å². The zero-order valence-electron chi connectivity index (χ0n) is 23.3. The number of carboxylic acid groups (broad SMARTS) is 1. The molecule has 0 heterocycles. The van der Waals surface area contributed by atoms with Crippen LogP contribution in [0.1, 0.15) is 0 Å². The zero-order chi connectivity index (χ0) is 30.4. The molecule has 0 saturated heterocycles. The lowest BCUT2D eigenvalue weighted by molar-refractivity contribution is -0.147. The number of aliphatic carboxylic acids is 1. The number of hydrogen-bond acceptors (Lipinski definition) is 14. The number of hydrogen-bond donors (Lipinski definition) is 7. The predicted octanol–water partition coefficient (Wildman–Crippen LogP) is -2.71. The largest absolute Gasteiger partial charge is 0.478 e. The SMILES string of the molecule is C=CC(=O)O.OCCOCC(COCCO)(COCCO)COCC(COCCO)(COCCO)COCCO. The number of rotatable bonds is 29. The van der Waals surface area contributed by atoms with Crippen molar-refractivity contribution in [3.8, 4) is 0 Å². The van der Waals surface area contributed by atoms with Gasteiger partial charge >= 0.3 is 5.97 Å². The Hall–Kier alpha value is -1.31. The van der Waals surface area contributed by atoms with Crippen molar-refractivity contribution in [1.29, 1.82) is 0 Å². The Morgan fingerprint density at radius 2 is 0.650 bits per heavy atom. The number of ether oxygens (including phenoxy) is 7. The van der Waals surface area contributed by atoms with Gasteiger partial charge in [0.25, 0.3) is 0 Å². The van der Waals surface area contributed by atoms with E-state index in [0.717, 1.165) is 6.08 Å². The third-order valence-corrected chi connectivity index (χ3v) is 4.85. The van der Waals surface area contributed by atoms with Crippen LogP contribution in [-0.2, 0) is 38.0 Å². The van der Waals surface area contributed by atoms with E-state index in [4.69, 9.17) is 68.9 Å². The highest BCUT2D eigenvalue weighted by molar-refractivity contribution is 5.78. The number of aliphatic hydroxyl groups excluding tert-OH is 6. The van der Waals surface area contributed by atoms with Gasteiger partial charge in [0.2, 0.25) is 0 Å². The summed E-state index contributed by atoms with van der Waals surface area (Å²) in [6, 6.07) is 0. The highest BCUT2D eigenvalue weighted by Crippen LogP contribution is 2.25. The lowest BCUT2D eigenvalue weighted by Crippen LogP contribution is -2.46. The molecule has 0 spiro atoms. The summed E-state index contributed by atoms with van der Waals surface area (Å²) in [6.07, 6.45) is 0.833. The monoisotopic (exact) mass is 590 g/mol. The molecule has 0 aliphatic rings. The van der Waals surface area contributed by atoms with Gasteiger partial charge in [-0.2, -0.15) is 0 Å². The van der Waals surface area contributed by atoms with Crippen molar-refractivity contribution in [2.24, 2.45) is 10.8 Å². The third-order valence-electron chi connectivity index (χ3n) is 4.85. The van der Waals surface area contributed by atoms with Crippen molar-refractivity contribution in [3.05, 3.63) is 12.7 Å². The molecule has 0 aromatic carbocycles. The van der Waals surface area contributed by atoms with Gasteiger partial charge in [-0.25, -0.2) is 4.79 Å². The smallest absolute Gasteiger partial charge is 0.327 e. The Labute approximate surface area is 235 Å². The molecule has 0 saturated carbocycles. The summed E-state index contributed by atoms with van der Waals surface area (Å²) in [6.45, 7) is 3.52. The van der Waals surface area contributed by atoms with Crippen LogP contribution in [0.15, 0.2) is 12.7 Å². The molecule has 0 aromatic rings. The van der Waals surface area contributed by atoms with Crippen LogP contribution in [0.3, 0.4) is 0 Å². The normalized spacial score (nSPS) is 11.8. The number of aliphatic hydroxyl groups is 6. The van der Waals surface area contributed by atoms with Crippen molar-refractivity contribution in [1.82, 2.24) is 0 Å². The van der Waals surface area contributed by atoms with E-state index < -0.39 is 16.8 Å². The maximum absolute atomic E-state index is 9.25. The van der Waals surface area contributed by atoms with E-state index in [9.17, 15) is 4.79 Å². The molecule has 0 radical (unpaired) electrons. The molecule has 7 N–H and O–H groups in total. The van der Waals surface area contributed by atoms with Crippen LogP contribution in [0.4, 0.5) is 0 Å². The molecule has 15 nitrogen and oxygen atoms in total. The third kappa shape index (κ3) is 23.4. The summed E-state index contributed by atoms with van der Waals surface area (Å²) in [5.74, 6) is -0.981. The fraction of sp³-hybridized carbons (Fsp3) is 0.880. The summed E-state index contributed by atoms with van der Waals surface area (Å²) in [7, 11) is 0. The first-order chi connectivity index (χ1) is 19.3. The second-order valence-electron chi connectivity index (χ2n) is 8.69. The standard InChI is InChI=1S/C22H46O13.C3H4O2/c23-1-7-29-13-21(14-30-8-2-24,15-31-9-3-25)19-35-20-22(16-32-10-4-26,17-33-11-5-27)18-34-12-6-28;1-2-3(4)5/h23-28H,1-20H2;2H,1H2,(H,4,5). The Morgan fingerprint density at radius 1 is 0.475 bits per heavy atom. The molecule has 0 fully saturated rings. The second-order valence-corrected chi connectivity index (χ2v) is 8.69. The molecular formula is C25H50O15. The second kappa shape index (κ2) is 29.2. The van der Waals surface area contributed by atoms with Gasteiger partial charge in [0.05, 0.1) is 143 Å². The topological polar surface area (TPSA) is 223 Å². The van der Waals surface area contributed by atoms with Gasteiger partial charge in [-0.05, 0) is 0 Å². The molecule has 240 valence electrons. The van der Waals surface area contributed by atoms with Gasteiger partial charge in [0, 0.05) is 6.08 Å². The lowest BCUT2D eigenvalue weighted by atomic mass is 9.90. The maximum atomic E-state index is 9.25. The van der Waals surface area contributed by atoms with E-state index in [0.29, 0.717) is 0 Å². The van der Waals surface area contributed by atoms with Crippen LogP contribution in [-0.4, -0.2) is 174 Å². The molecule has 40 heavy (non-hydrogen) atoms. The molecule has 15 heteroatoms. The molecule has 0 aromatic heterocycles. The summed E-state index contributed by atoms with van der Waals surface area (Å²) in [5, 5.41) is 62.2. The Kier molecular flexibility index (Phi) is 29.8. The highest BCUT2D eigenvalue weighted by Gasteiger charge is 2.36. The van der Waals surface area contributed by atoms with E-state index >= 15 is 0 Å². The Bertz CT molecular complexity index is 473. The summed E-state index contributed by atoms with van der Waals surface area (Å²) < 4.78 is 39.4. The van der Waals surface area contributed by atoms with Gasteiger partial charge in [0.1, 0.15) is 0 Å². The van der Waals surface area contributed by atoms with Crippen LogP contribution >= 0.6 is 0 Å². The van der Waals surface area contributed by atoms with E-state index in [1.807, 2.05) is 0 Å². The van der Waals surface area contributed by atoms with Crippen molar-refractivity contribution in [2.45, 2.75) is 0 Å². The minimum Gasteiger partial charge on any atom is -0.478 e. The quantitative estimate of drug-likeness (QED) is 0.0347. The van der Waals surface area contributed by atoms with E-state index in [1.165, 1.54) is 0 Å². The summed E-state index contributed by atoms with van der Waals surface area (Å²) >= 11 is 0. The summed E-state index contributed by atoms with van der Waals surface area (Å²) in [4.78, 5) is 9.25. The van der Waals surface area contributed by atoms with Crippen molar-refractivity contribution in [2.75, 3.05) is 132 Å². The van der Waals surface area contributed by atoms with Crippen molar-refractivity contribution >= 4 is 5.97 Å². The van der Waals surface area contributed by atoms with Crippen LogP contribution < -0.4 is 0 Å². The first-order valence-electron chi connectivity index (χ1n) is 12.9. The fourth-order valence-electron chi connectivity index (χ4n) is 3.10. The Morgan fingerprint density at radius 3 is 0.800 bits per heavy atom. The molecule has 0 bridgehead atoms. The van der Waals surface area contributed by atoms with Crippen LogP contribution in [0.5, 0.6) is 0 Å². The molecule has 0 amide bonds. The zero-order valence-corrected chi connectivity index (χ0v) is 23.3. The minimum absolute atomic E-state index is 0.0943. The first-order valence-corrected chi connectivity index (χ1v) is 12.9. The molecule has 0 atom stereocenters. The highest BCUT2D eigenvalue weighted by atomic mass is 16.5. The summed E-state index contributed by atoms with van der Waals surface area (Å²) in [5.41, 5.74) is -1.62. The van der Waals surface area contributed by atoms with Crippen molar-refractivity contribution in [3.63, 3.8) is 0 Å². The Balaban J connectivity index is 0. The average molecular weight is 591 g/mol. The molecular weight excluding hydrogens is 540 g/mol. The van der Waals surface area contributed by atoms with Crippen LogP contribution in [0, 0.1) is 10.8 Å². The average Bonchev–Trinajstić information content (AvgIpc) is 2.94. The van der Waals surface area contributed by atoms with Gasteiger partial charge in [0.15, 0.2) is 0 Å². The van der Waals surface area contributed by atoms with Gasteiger partial charge in [-0.3, -0.25) is 0 Å². The number of carbonyl (C=O) groups is 1. The van der Waals surface area contributed by atoms with Crippen LogP contribution in [0.2, 0.25) is 0 Å². The molecule has 0 rings (SSSR count). The van der Waals surface area contributed by atoms with E-state index in [2.05, 4.69) is 6.58 Å². The molecule has 0 aliphatic heterocycles. The maximum Gasteiger partial charge on any atom is 0.327 e. The van der Waals surface area contributed by atoms with Crippen molar-refractivity contribution < 1.29 is 73.7 Å². The van der Waals surface area contributed by atoms with Gasteiger partial charge in [-0.15, -0.1) is 0 Å². The first kappa shape index (κ1) is 40.8. The molecule has 0 unspecified atom stereocenters. The lowest BCUT2D eigenvalue weighted by Gasteiger charge is -2.36. The van der Waals surface area contributed by atoms with Gasteiger partial charge < -0.3 is 68.9 Å². The minimum atomic E-state index is -0.981. The molecule has 0 aliphatic carbocycles.